The Hall–Kier alpha value is -1.20. The zero-order valence-electron chi connectivity index (χ0n) is 10.8. The molecule has 0 radical (unpaired) electrons. The molecule has 0 amide bonds. The van der Waals surface area contributed by atoms with Gasteiger partial charge in [-0.15, -0.1) is 0 Å². The van der Waals surface area contributed by atoms with E-state index in [1.165, 1.54) is 12.3 Å². The maximum Gasteiger partial charge on any atom is 0.213 e. The van der Waals surface area contributed by atoms with Gasteiger partial charge in [0.15, 0.2) is 0 Å². The molecule has 2 rings (SSSR count). The molecule has 0 aromatic carbocycles. The smallest absolute Gasteiger partial charge is 0.213 e. The predicted octanol–water partition coefficient (Wildman–Crippen LogP) is 1.71. The lowest BCUT2D eigenvalue weighted by Gasteiger charge is -2.35. The summed E-state index contributed by atoms with van der Waals surface area (Å²) in [7, 11) is 0. The Morgan fingerprint density at radius 3 is 3.06 bits per heavy atom. The predicted molar refractivity (Wildman–Crippen MR) is 66.1 cm³/mol. The van der Waals surface area contributed by atoms with Crippen LogP contribution in [0.25, 0.3) is 0 Å². The molecule has 4 nitrogen and oxygen atoms in total. The summed E-state index contributed by atoms with van der Waals surface area (Å²) in [6.07, 6.45) is 1.45. The van der Waals surface area contributed by atoms with E-state index in [9.17, 15) is 4.39 Å². The van der Waals surface area contributed by atoms with Gasteiger partial charge in [-0.05, 0) is 26.0 Å². The third kappa shape index (κ3) is 3.65. The van der Waals surface area contributed by atoms with Gasteiger partial charge < -0.3 is 9.47 Å². The van der Waals surface area contributed by atoms with Crippen LogP contribution in [0.1, 0.15) is 13.8 Å². The van der Waals surface area contributed by atoms with Crippen molar-refractivity contribution in [3.8, 4) is 5.75 Å². The van der Waals surface area contributed by atoms with Crippen molar-refractivity contribution < 1.29 is 13.9 Å². The Morgan fingerprint density at radius 2 is 2.39 bits per heavy atom. The van der Waals surface area contributed by atoms with E-state index in [0.717, 1.165) is 19.7 Å². The van der Waals surface area contributed by atoms with E-state index in [2.05, 4.69) is 23.7 Å². The molecule has 0 bridgehead atoms. The summed E-state index contributed by atoms with van der Waals surface area (Å²) in [4.78, 5) is 5.90. The number of pyridine rings is 1. The molecule has 0 saturated carbocycles. The maximum absolute atomic E-state index is 12.6. The molecule has 100 valence electrons. The van der Waals surface area contributed by atoms with Crippen molar-refractivity contribution in [3.05, 3.63) is 24.3 Å². The van der Waals surface area contributed by atoms with E-state index < -0.39 is 5.95 Å². The van der Waals surface area contributed by atoms with Crippen LogP contribution in [0.4, 0.5) is 4.39 Å². The first-order chi connectivity index (χ1) is 8.65. The first-order valence-electron chi connectivity index (χ1n) is 6.25. The van der Waals surface area contributed by atoms with Gasteiger partial charge in [0.05, 0.1) is 12.8 Å². The molecule has 1 saturated heterocycles. The fourth-order valence-corrected chi connectivity index (χ4v) is 1.95. The largest absolute Gasteiger partial charge is 0.489 e. The minimum absolute atomic E-state index is 0.0613. The Kier molecular flexibility index (Phi) is 4.49. The van der Waals surface area contributed by atoms with Gasteiger partial charge in [0.25, 0.3) is 0 Å². The molecule has 1 atom stereocenters. The molecule has 0 N–H and O–H groups in total. The fraction of sp³-hybridized carbons (Fsp3) is 0.615. The van der Waals surface area contributed by atoms with Crippen LogP contribution in [0.3, 0.4) is 0 Å². The number of nitrogens with zero attached hydrogens (tertiary/aromatic N) is 2. The zero-order chi connectivity index (χ0) is 13.0. The average molecular weight is 254 g/mol. The highest BCUT2D eigenvalue weighted by molar-refractivity contribution is 5.16. The number of halogens is 1. The maximum atomic E-state index is 12.6. The summed E-state index contributed by atoms with van der Waals surface area (Å²) in [5.74, 6) is 0.0731. The summed E-state index contributed by atoms with van der Waals surface area (Å²) in [5, 5.41) is 0. The van der Waals surface area contributed by atoms with Crippen LogP contribution >= 0.6 is 0 Å². The second kappa shape index (κ2) is 6.11. The third-order valence-electron chi connectivity index (χ3n) is 3.04. The summed E-state index contributed by atoms with van der Waals surface area (Å²) in [6, 6.07) is 3.38. The molecule has 0 spiro atoms. The van der Waals surface area contributed by atoms with Crippen molar-refractivity contribution >= 4 is 0 Å². The van der Waals surface area contributed by atoms with Gasteiger partial charge in [-0.3, -0.25) is 4.90 Å². The van der Waals surface area contributed by atoms with Gasteiger partial charge >= 0.3 is 0 Å². The van der Waals surface area contributed by atoms with Crippen molar-refractivity contribution in [3.63, 3.8) is 0 Å². The van der Waals surface area contributed by atoms with Crippen LogP contribution in [-0.4, -0.2) is 48.3 Å². The second-order valence-electron chi connectivity index (χ2n) is 4.71. The van der Waals surface area contributed by atoms with Gasteiger partial charge in [0.2, 0.25) is 5.95 Å². The molecule has 1 aliphatic rings. The average Bonchev–Trinajstić information content (AvgIpc) is 2.38. The van der Waals surface area contributed by atoms with Crippen molar-refractivity contribution in [2.24, 2.45) is 0 Å². The van der Waals surface area contributed by atoms with E-state index in [0.29, 0.717) is 18.4 Å². The zero-order valence-corrected chi connectivity index (χ0v) is 10.8. The quantitative estimate of drug-likeness (QED) is 0.766. The highest BCUT2D eigenvalue weighted by Gasteiger charge is 2.22. The number of rotatable bonds is 4. The van der Waals surface area contributed by atoms with E-state index >= 15 is 0 Å². The van der Waals surface area contributed by atoms with Crippen LogP contribution < -0.4 is 4.74 Å². The van der Waals surface area contributed by atoms with Gasteiger partial charge in [-0.1, -0.05) is 0 Å². The first kappa shape index (κ1) is 13.2. The normalized spacial score (nSPS) is 21.2. The molecule has 2 heterocycles. The highest BCUT2D eigenvalue weighted by atomic mass is 19.1. The second-order valence-corrected chi connectivity index (χ2v) is 4.71. The molecule has 1 aromatic rings. The summed E-state index contributed by atoms with van der Waals surface area (Å²) < 4.78 is 23.8. The van der Waals surface area contributed by atoms with Crippen molar-refractivity contribution in [1.82, 2.24) is 9.88 Å². The molecule has 1 aliphatic heterocycles. The van der Waals surface area contributed by atoms with Crippen LogP contribution in [0.5, 0.6) is 5.75 Å². The molecule has 18 heavy (non-hydrogen) atoms. The number of hydrogen-bond acceptors (Lipinski definition) is 4. The Morgan fingerprint density at radius 1 is 1.56 bits per heavy atom. The van der Waals surface area contributed by atoms with Crippen LogP contribution in [0.2, 0.25) is 0 Å². The van der Waals surface area contributed by atoms with Crippen LogP contribution in [0, 0.1) is 5.95 Å². The molecular formula is C13H19FN2O2. The van der Waals surface area contributed by atoms with Crippen molar-refractivity contribution in [1.29, 1.82) is 0 Å². The van der Waals surface area contributed by atoms with Crippen molar-refractivity contribution in [2.45, 2.75) is 26.0 Å². The minimum atomic E-state index is -0.498. The van der Waals surface area contributed by atoms with Gasteiger partial charge in [-0.25, -0.2) is 4.98 Å². The van der Waals surface area contributed by atoms with Crippen molar-refractivity contribution in [2.75, 3.05) is 26.3 Å². The fourth-order valence-electron chi connectivity index (χ4n) is 1.95. The lowest BCUT2D eigenvalue weighted by atomic mass is 10.2. The molecular weight excluding hydrogens is 235 g/mol. The minimum Gasteiger partial charge on any atom is -0.489 e. The molecule has 0 aliphatic carbocycles. The number of morpholine rings is 1. The van der Waals surface area contributed by atoms with E-state index in [1.807, 2.05) is 0 Å². The first-order valence-corrected chi connectivity index (χ1v) is 6.25. The van der Waals surface area contributed by atoms with Gasteiger partial charge in [0, 0.05) is 19.1 Å². The monoisotopic (exact) mass is 254 g/mol. The number of ether oxygens (including phenoxy) is 2. The molecule has 1 fully saturated rings. The molecule has 5 heteroatoms. The topological polar surface area (TPSA) is 34.6 Å². The van der Waals surface area contributed by atoms with Crippen LogP contribution in [-0.2, 0) is 4.74 Å². The number of hydrogen-bond donors (Lipinski definition) is 0. The lowest BCUT2D eigenvalue weighted by Crippen LogP contribution is -2.47. The van der Waals surface area contributed by atoms with Crippen LogP contribution in [0.15, 0.2) is 18.3 Å². The molecule has 1 unspecified atom stereocenters. The number of aromatic nitrogens is 1. The summed E-state index contributed by atoms with van der Waals surface area (Å²) in [6.45, 7) is 7.38. The van der Waals surface area contributed by atoms with E-state index in [4.69, 9.17) is 9.47 Å². The Labute approximate surface area is 107 Å². The highest BCUT2D eigenvalue weighted by Crippen LogP contribution is 2.12. The van der Waals surface area contributed by atoms with E-state index in [-0.39, 0.29) is 6.10 Å². The third-order valence-corrected chi connectivity index (χ3v) is 3.04. The van der Waals surface area contributed by atoms with Gasteiger partial charge in [-0.2, -0.15) is 4.39 Å². The Balaban J connectivity index is 1.81. The summed E-state index contributed by atoms with van der Waals surface area (Å²) >= 11 is 0. The van der Waals surface area contributed by atoms with Gasteiger partial charge in [0.1, 0.15) is 18.5 Å². The van der Waals surface area contributed by atoms with E-state index in [1.54, 1.807) is 6.07 Å². The molecule has 1 aromatic heterocycles. The standard InChI is InChI=1S/C13H19FN2O2/c1-10(2)16-5-6-17-12(8-16)9-18-11-3-4-13(14)15-7-11/h3-4,7,10,12H,5-6,8-9H2,1-2H3. The summed E-state index contributed by atoms with van der Waals surface area (Å²) in [5.41, 5.74) is 0. The SMILES string of the molecule is CC(C)N1CCOC(COc2ccc(F)nc2)C1. The lowest BCUT2D eigenvalue weighted by molar-refractivity contribution is -0.0565. The Bertz CT molecular complexity index is 370.